The lowest BCUT2D eigenvalue weighted by Crippen LogP contribution is -2.43. The second kappa shape index (κ2) is 9.79. The summed E-state index contributed by atoms with van der Waals surface area (Å²) in [4.78, 5) is 10.8. The van der Waals surface area contributed by atoms with Gasteiger partial charge < -0.3 is 4.79 Å². The number of carbonyl (C=O) groups is 1. The summed E-state index contributed by atoms with van der Waals surface area (Å²) >= 11 is 3.46. The maximum absolute atomic E-state index is 10.8. The van der Waals surface area contributed by atoms with Gasteiger partial charge in [-0.15, -0.1) is 11.5 Å². The largest absolute Gasteiger partial charge is 0.303 e. The van der Waals surface area contributed by atoms with E-state index in [1.54, 1.807) is 0 Å². The first-order valence-electron chi connectivity index (χ1n) is 7.85. The molecule has 0 aromatic rings. The van der Waals surface area contributed by atoms with Crippen LogP contribution >= 0.6 is 15.9 Å². The second-order valence-electron chi connectivity index (χ2n) is 6.60. The van der Waals surface area contributed by atoms with E-state index >= 15 is 0 Å². The molecule has 1 atom stereocenters. The highest BCUT2D eigenvalue weighted by molar-refractivity contribution is 9.09. The minimum absolute atomic E-state index is 0.244. The van der Waals surface area contributed by atoms with Crippen molar-refractivity contribution in [1.82, 2.24) is 0 Å². The highest BCUT2D eigenvalue weighted by Gasteiger charge is 2.41. The molecule has 0 N–H and O–H groups in total. The minimum atomic E-state index is -1.65. The van der Waals surface area contributed by atoms with Gasteiger partial charge in [0.2, 0.25) is 0 Å². The molecule has 20 heavy (non-hydrogen) atoms. The van der Waals surface area contributed by atoms with E-state index in [1.165, 1.54) is 0 Å². The van der Waals surface area contributed by atoms with Crippen LogP contribution in [0.1, 0.15) is 60.8 Å². The van der Waals surface area contributed by atoms with Gasteiger partial charge in [-0.3, -0.25) is 0 Å². The summed E-state index contributed by atoms with van der Waals surface area (Å²) in [7, 11) is -1.65. The van der Waals surface area contributed by atoms with Crippen LogP contribution in [0.2, 0.25) is 16.6 Å². The van der Waals surface area contributed by atoms with Crippen LogP contribution in [-0.4, -0.2) is 19.7 Å². The Labute approximate surface area is 135 Å². The summed E-state index contributed by atoms with van der Waals surface area (Å²) in [5.74, 6) is 3.74. The van der Waals surface area contributed by atoms with Crippen LogP contribution in [0.3, 0.4) is 0 Å². The number of hydrogen-bond acceptors (Lipinski definition) is 1. The Bertz CT molecular complexity index is 317. The molecule has 0 amide bonds. The molecule has 0 rings (SSSR count). The maximum atomic E-state index is 10.8. The third-order valence-electron chi connectivity index (χ3n) is 4.43. The molecular formula is C17H31BrOSi. The average molecular weight is 359 g/mol. The molecule has 3 heteroatoms. The lowest BCUT2D eigenvalue weighted by atomic mass is 10.0. The van der Waals surface area contributed by atoms with Crippen molar-refractivity contribution < 1.29 is 4.79 Å². The first-order valence-corrected chi connectivity index (χ1v) is 11.2. The van der Waals surface area contributed by atoms with Crippen LogP contribution < -0.4 is 0 Å². The molecule has 0 heterocycles. The highest BCUT2D eigenvalue weighted by atomic mass is 79.9. The Kier molecular flexibility index (Phi) is 9.75. The Morgan fingerprint density at radius 2 is 1.55 bits per heavy atom. The summed E-state index contributed by atoms with van der Waals surface area (Å²) in [6, 6.07) is 0. The smallest absolute Gasteiger partial charge is 0.145 e. The van der Waals surface area contributed by atoms with E-state index in [1.807, 2.05) is 0 Å². The molecule has 0 aliphatic heterocycles. The molecule has 0 radical (unpaired) electrons. The Hall–Kier alpha value is -0.0731. The normalized spacial score (nSPS) is 13.5. The summed E-state index contributed by atoms with van der Waals surface area (Å²) < 4.78 is 0. The first kappa shape index (κ1) is 19.9. The van der Waals surface area contributed by atoms with Gasteiger partial charge in [-0.1, -0.05) is 57.5 Å². The predicted octanol–water partition coefficient (Wildman–Crippen LogP) is 5.59. The standard InChI is InChI=1S/C17H31BrOSi/c1-14(2)20(15(3)4,16(5)6)13-10-17(9-12-19)8-7-11-18/h12,14-17H,7-9,11H2,1-6H3/t17-/m0/s1. The third kappa shape index (κ3) is 5.37. The van der Waals surface area contributed by atoms with Crippen LogP contribution in [0.25, 0.3) is 0 Å². The van der Waals surface area contributed by atoms with Gasteiger partial charge in [0.25, 0.3) is 0 Å². The van der Waals surface area contributed by atoms with Crippen LogP contribution in [0, 0.1) is 17.4 Å². The van der Waals surface area contributed by atoms with Crippen molar-refractivity contribution in [2.24, 2.45) is 5.92 Å². The molecule has 1 nitrogen and oxygen atoms in total. The lowest BCUT2D eigenvalue weighted by molar-refractivity contribution is -0.108. The van der Waals surface area contributed by atoms with Crippen molar-refractivity contribution in [3.8, 4) is 11.5 Å². The quantitative estimate of drug-likeness (QED) is 0.239. The number of rotatable bonds is 8. The molecule has 0 aliphatic rings. The molecule has 0 unspecified atom stereocenters. The van der Waals surface area contributed by atoms with Gasteiger partial charge in [0, 0.05) is 17.7 Å². The van der Waals surface area contributed by atoms with Gasteiger partial charge in [-0.05, 0) is 29.5 Å². The zero-order valence-electron chi connectivity index (χ0n) is 14.0. The fraction of sp³-hybridized carbons (Fsp3) is 0.824. The molecule has 0 fully saturated rings. The van der Waals surface area contributed by atoms with Crippen LogP contribution in [0.4, 0.5) is 0 Å². The Balaban J connectivity index is 5.32. The van der Waals surface area contributed by atoms with Gasteiger partial charge in [0.15, 0.2) is 0 Å². The van der Waals surface area contributed by atoms with E-state index in [0.29, 0.717) is 23.0 Å². The predicted molar refractivity (Wildman–Crippen MR) is 96.0 cm³/mol. The summed E-state index contributed by atoms with van der Waals surface area (Å²) in [5.41, 5.74) is 5.71. The van der Waals surface area contributed by atoms with E-state index in [0.717, 1.165) is 24.5 Å². The first-order chi connectivity index (χ1) is 9.32. The summed E-state index contributed by atoms with van der Waals surface area (Å²) in [6.45, 7) is 14.0. The number of hydrogen-bond donors (Lipinski definition) is 0. The molecule has 0 saturated heterocycles. The Morgan fingerprint density at radius 3 is 1.90 bits per heavy atom. The van der Waals surface area contributed by atoms with Gasteiger partial charge in [0.05, 0.1) is 0 Å². The van der Waals surface area contributed by atoms with E-state index < -0.39 is 8.07 Å². The van der Waals surface area contributed by atoms with Gasteiger partial charge in [-0.25, -0.2) is 0 Å². The number of carbonyl (C=O) groups excluding carboxylic acids is 1. The fourth-order valence-corrected chi connectivity index (χ4v) is 8.99. The number of aldehydes is 1. The molecule has 0 aromatic carbocycles. The van der Waals surface area contributed by atoms with E-state index in [4.69, 9.17) is 0 Å². The van der Waals surface area contributed by atoms with E-state index in [9.17, 15) is 4.79 Å². The Morgan fingerprint density at radius 1 is 1.05 bits per heavy atom. The topological polar surface area (TPSA) is 17.1 Å². The van der Waals surface area contributed by atoms with Crippen LogP contribution in [-0.2, 0) is 4.79 Å². The van der Waals surface area contributed by atoms with Crippen molar-refractivity contribution in [2.75, 3.05) is 5.33 Å². The molecule has 0 bridgehead atoms. The van der Waals surface area contributed by atoms with Gasteiger partial charge in [0.1, 0.15) is 14.4 Å². The molecule has 116 valence electrons. The molecule has 0 aromatic heterocycles. The van der Waals surface area contributed by atoms with Gasteiger partial charge in [-0.2, -0.15) is 0 Å². The zero-order chi connectivity index (χ0) is 15.8. The van der Waals surface area contributed by atoms with Crippen molar-refractivity contribution in [1.29, 1.82) is 0 Å². The zero-order valence-corrected chi connectivity index (χ0v) is 16.6. The van der Waals surface area contributed by atoms with E-state index in [2.05, 4.69) is 68.9 Å². The lowest BCUT2D eigenvalue weighted by Gasteiger charge is -2.38. The van der Waals surface area contributed by atoms with Crippen LogP contribution in [0.5, 0.6) is 0 Å². The maximum Gasteiger partial charge on any atom is 0.145 e. The molecular weight excluding hydrogens is 328 g/mol. The molecule has 0 aliphatic carbocycles. The number of halogens is 1. The minimum Gasteiger partial charge on any atom is -0.303 e. The van der Waals surface area contributed by atoms with Gasteiger partial charge >= 0.3 is 0 Å². The molecule has 0 saturated carbocycles. The average Bonchev–Trinajstić information content (AvgIpc) is 2.35. The second-order valence-corrected chi connectivity index (χ2v) is 13.0. The monoisotopic (exact) mass is 358 g/mol. The van der Waals surface area contributed by atoms with Crippen molar-refractivity contribution >= 4 is 30.3 Å². The SMILES string of the molecule is CC(C)[Si](C#C[C@H](CC=O)CCCBr)(C(C)C)C(C)C. The highest BCUT2D eigenvalue weighted by Crippen LogP contribution is 2.40. The third-order valence-corrected chi connectivity index (χ3v) is 11.3. The van der Waals surface area contributed by atoms with Crippen molar-refractivity contribution in [2.45, 2.75) is 77.4 Å². The summed E-state index contributed by atoms with van der Waals surface area (Å²) in [6.07, 6.45) is 3.72. The fourth-order valence-electron chi connectivity index (χ4n) is 3.35. The van der Waals surface area contributed by atoms with Crippen molar-refractivity contribution in [3.63, 3.8) is 0 Å². The van der Waals surface area contributed by atoms with Crippen molar-refractivity contribution in [3.05, 3.63) is 0 Å². The molecule has 0 spiro atoms. The number of alkyl halides is 1. The van der Waals surface area contributed by atoms with Crippen LogP contribution in [0.15, 0.2) is 0 Å². The summed E-state index contributed by atoms with van der Waals surface area (Å²) in [5, 5.41) is 0.991. The van der Waals surface area contributed by atoms with E-state index in [-0.39, 0.29) is 5.92 Å².